The molecule has 0 aliphatic carbocycles. The normalized spacial score (nSPS) is 16.7. The fourth-order valence-corrected chi connectivity index (χ4v) is 2.81. The maximum atomic E-state index is 12.4. The van der Waals surface area contributed by atoms with Crippen LogP contribution in [0.25, 0.3) is 0 Å². The van der Waals surface area contributed by atoms with Gasteiger partial charge in [0, 0.05) is 44.8 Å². The molecule has 0 aromatic carbocycles. The van der Waals surface area contributed by atoms with Gasteiger partial charge in [0.05, 0.1) is 11.7 Å². The first kappa shape index (κ1) is 16.6. The highest BCUT2D eigenvalue weighted by Crippen LogP contribution is 2.19. The molecular formula is C16H19ClN6O. The van der Waals surface area contributed by atoms with E-state index in [1.807, 2.05) is 6.92 Å². The van der Waals surface area contributed by atoms with Gasteiger partial charge in [0.1, 0.15) is 0 Å². The van der Waals surface area contributed by atoms with Crippen LogP contribution in [0.2, 0.25) is 5.15 Å². The fourth-order valence-electron chi connectivity index (χ4n) is 2.65. The summed E-state index contributed by atoms with van der Waals surface area (Å²) in [4.78, 5) is 29.2. The van der Waals surface area contributed by atoms with Crippen molar-refractivity contribution in [3.8, 4) is 0 Å². The minimum absolute atomic E-state index is 0.0886. The summed E-state index contributed by atoms with van der Waals surface area (Å²) in [7, 11) is 0. The third-order valence-electron chi connectivity index (χ3n) is 4.09. The number of halogens is 1. The lowest BCUT2D eigenvalue weighted by Gasteiger charge is -2.37. The Hall–Kier alpha value is -2.25. The predicted octanol–water partition coefficient (Wildman–Crippen LogP) is 1.67. The SMILES string of the molecule is C[C@H](C(=O)Nc1cccnc1Cl)N1CCN(c2ncccn2)CC1. The summed E-state index contributed by atoms with van der Waals surface area (Å²) in [5, 5.41) is 3.13. The second kappa shape index (κ2) is 7.55. The molecule has 24 heavy (non-hydrogen) atoms. The van der Waals surface area contributed by atoms with E-state index in [1.165, 1.54) is 0 Å². The third-order valence-corrected chi connectivity index (χ3v) is 4.39. The number of carbonyl (C=O) groups excluding carboxylic acids is 1. The molecule has 2 aromatic heterocycles. The summed E-state index contributed by atoms with van der Waals surface area (Å²) in [5.74, 6) is 0.644. The van der Waals surface area contributed by atoms with Crippen LogP contribution in [-0.4, -0.2) is 58.0 Å². The summed E-state index contributed by atoms with van der Waals surface area (Å²) in [6, 6.07) is 5.03. The standard InChI is InChI=1S/C16H19ClN6O/c1-12(15(24)21-13-4-2-5-18-14(13)17)22-8-10-23(11-9-22)16-19-6-3-7-20-16/h2-7,12H,8-11H2,1H3,(H,21,24)/t12-/m1/s1. The molecule has 126 valence electrons. The molecule has 7 nitrogen and oxygen atoms in total. The van der Waals surface area contributed by atoms with E-state index in [4.69, 9.17) is 11.6 Å². The Morgan fingerprint density at radius 3 is 2.46 bits per heavy atom. The molecule has 0 saturated carbocycles. The Labute approximate surface area is 145 Å². The Bertz CT molecular complexity index is 690. The number of carbonyl (C=O) groups is 1. The van der Waals surface area contributed by atoms with Gasteiger partial charge in [-0.2, -0.15) is 0 Å². The largest absolute Gasteiger partial charge is 0.338 e. The molecule has 2 aromatic rings. The van der Waals surface area contributed by atoms with Gasteiger partial charge in [-0.05, 0) is 25.1 Å². The third kappa shape index (κ3) is 3.80. The monoisotopic (exact) mass is 346 g/mol. The second-order valence-corrected chi connectivity index (χ2v) is 5.94. The topological polar surface area (TPSA) is 74.2 Å². The highest BCUT2D eigenvalue weighted by Gasteiger charge is 2.26. The molecule has 1 N–H and O–H groups in total. The molecule has 1 aliphatic heterocycles. The average molecular weight is 347 g/mol. The lowest BCUT2D eigenvalue weighted by molar-refractivity contribution is -0.120. The van der Waals surface area contributed by atoms with Crippen molar-refractivity contribution in [2.24, 2.45) is 0 Å². The number of piperazine rings is 1. The Balaban J connectivity index is 1.56. The van der Waals surface area contributed by atoms with Crippen LogP contribution in [0.1, 0.15) is 6.92 Å². The lowest BCUT2D eigenvalue weighted by Crippen LogP contribution is -2.53. The van der Waals surface area contributed by atoms with Crippen LogP contribution in [0, 0.1) is 0 Å². The quantitative estimate of drug-likeness (QED) is 0.849. The first-order valence-electron chi connectivity index (χ1n) is 7.82. The van der Waals surface area contributed by atoms with Crippen LogP contribution in [0.5, 0.6) is 0 Å². The molecule has 0 radical (unpaired) electrons. The number of nitrogens with zero attached hydrogens (tertiary/aromatic N) is 5. The number of amides is 1. The van der Waals surface area contributed by atoms with Gasteiger partial charge < -0.3 is 10.2 Å². The van der Waals surface area contributed by atoms with Crippen molar-refractivity contribution in [2.75, 3.05) is 36.4 Å². The van der Waals surface area contributed by atoms with Gasteiger partial charge in [0.15, 0.2) is 5.15 Å². The highest BCUT2D eigenvalue weighted by molar-refractivity contribution is 6.32. The van der Waals surface area contributed by atoms with Crippen molar-refractivity contribution in [3.63, 3.8) is 0 Å². The van der Waals surface area contributed by atoms with Crippen molar-refractivity contribution in [2.45, 2.75) is 13.0 Å². The summed E-state index contributed by atoms with van der Waals surface area (Å²) in [6.07, 6.45) is 5.07. The summed E-state index contributed by atoms with van der Waals surface area (Å²) in [6.45, 7) is 5.01. The number of rotatable bonds is 4. The Kier molecular flexibility index (Phi) is 5.22. The molecule has 1 atom stereocenters. The van der Waals surface area contributed by atoms with Gasteiger partial charge in [-0.3, -0.25) is 9.69 Å². The van der Waals surface area contributed by atoms with Crippen LogP contribution in [-0.2, 0) is 4.79 Å². The lowest BCUT2D eigenvalue weighted by atomic mass is 10.2. The molecule has 1 saturated heterocycles. The van der Waals surface area contributed by atoms with Gasteiger partial charge >= 0.3 is 0 Å². The minimum atomic E-state index is -0.250. The average Bonchev–Trinajstić information content (AvgIpc) is 2.64. The zero-order valence-corrected chi connectivity index (χ0v) is 14.1. The Morgan fingerprint density at radius 1 is 1.12 bits per heavy atom. The van der Waals surface area contributed by atoms with Crippen molar-refractivity contribution in [1.29, 1.82) is 0 Å². The second-order valence-electron chi connectivity index (χ2n) is 5.58. The molecule has 0 spiro atoms. The molecule has 3 rings (SSSR count). The predicted molar refractivity (Wildman–Crippen MR) is 93.2 cm³/mol. The van der Waals surface area contributed by atoms with Gasteiger partial charge in [-0.25, -0.2) is 15.0 Å². The summed E-state index contributed by atoms with van der Waals surface area (Å²) >= 11 is 5.99. The maximum Gasteiger partial charge on any atom is 0.241 e. The van der Waals surface area contributed by atoms with Crippen molar-refractivity contribution in [3.05, 3.63) is 41.9 Å². The molecular weight excluding hydrogens is 328 g/mol. The van der Waals surface area contributed by atoms with E-state index in [0.717, 1.165) is 32.1 Å². The number of aromatic nitrogens is 3. The van der Waals surface area contributed by atoms with Crippen LogP contribution in [0.15, 0.2) is 36.8 Å². The molecule has 3 heterocycles. The number of hydrogen-bond donors (Lipinski definition) is 1. The fraction of sp³-hybridized carbons (Fsp3) is 0.375. The van der Waals surface area contributed by atoms with Crippen molar-refractivity contribution in [1.82, 2.24) is 19.9 Å². The zero-order chi connectivity index (χ0) is 16.9. The van der Waals surface area contributed by atoms with E-state index >= 15 is 0 Å². The first-order valence-corrected chi connectivity index (χ1v) is 8.20. The molecule has 1 amide bonds. The summed E-state index contributed by atoms with van der Waals surface area (Å²) in [5.41, 5.74) is 0.535. The van der Waals surface area contributed by atoms with E-state index in [-0.39, 0.29) is 11.9 Å². The number of pyridine rings is 1. The molecule has 0 unspecified atom stereocenters. The van der Waals surface area contributed by atoms with Gasteiger partial charge in [-0.15, -0.1) is 0 Å². The number of hydrogen-bond acceptors (Lipinski definition) is 6. The van der Waals surface area contributed by atoms with Crippen molar-refractivity contribution >= 4 is 29.1 Å². The van der Waals surface area contributed by atoms with Gasteiger partial charge in [-0.1, -0.05) is 11.6 Å². The molecule has 1 fully saturated rings. The van der Waals surface area contributed by atoms with Crippen LogP contribution in [0.3, 0.4) is 0 Å². The van der Waals surface area contributed by atoms with Crippen LogP contribution in [0.4, 0.5) is 11.6 Å². The van der Waals surface area contributed by atoms with Gasteiger partial charge in [0.25, 0.3) is 0 Å². The van der Waals surface area contributed by atoms with E-state index in [9.17, 15) is 4.79 Å². The smallest absolute Gasteiger partial charge is 0.241 e. The van der Waals surface area contributed by atoms with Crippen LogP contribution >= 0.6 is 11.6 Å². The van der Waals surface area contributed by atoms with E-state index in [0.29, 0.717) is 10.8 Å². The van der Waals surface area contributed by atoms with Crippen LogP contribution < -0.4 is 10.2 Å². The molecule has 1 aliphatic rings. The summed E-state index contributed by atoms with van der Waals surface area (Å²) < 4.78 is 0. The van der Waals surface area contributed by atoms with E-state index in [2.05, 4.69) is 30.1 Å². The van der Waals surface area contributed by atoms with E-state index in [1.54, 1.807) is 36.8 Å². The zero-order valence-electron chi connectivity index (χ0n) is 13.4. The minimum Gasteiger partial charge on any atom is -0.338 e. The van der Waals surface area contributed by atoms with Gasteiger partial charge in [0.2, 0.25) is 11.9 Å². The maximum absolute atomic E-state index is 12.4. The highest BCUT2D eigenvalue weighted by atomic mass is 35.5. The van der Waals surface area contributed by atoms with E-state index < -0.39 is 0 Å². The molecule has 8 heteroatoms. The first-order chi connectivity index (χ1) is 11.6. The molecule has 0 bridgehead atoms. The number of nitrogens with one attached hydrogen (secondary N) is 1. The Morgan fingerprint density at radius 2 is 1.79 bits per heavy atom. The van der Waals surface area contributed by atoms with Crippen molar-refractivity contribution < 1.29 is 4.79 Å². The number of anilines is 2.